The third-order valence-corrected chi connectivity index (χ3v) is 6.05. The molecule has 0 aliphatic carbocycles. The summed E-state index contributed by atoms with van der Waals surface area (Å²) in [6.45, 7) is 2.45. The molecule has 1 aromatic heterocycles. The van der Waals surface area contributed by atoms with Gasteiger partial charge in [0, 0.05) is 22.8 Å². The van der Waals surface area contributed by atoms with Crippen LogP contribution >= 0.6 is 22.9 Å². The molecule has 1 saturated heterocycles. The Hall–Kier alpha value is -2.97. The van der Waals surface area contributed by atoms with E-state index in [1.54, 1.807) is 17.0 Å². The average Bonchev–Trinajstić information content (AvgIpc) is 3.39. The molecular formula is C21H20ClN5O2S. The SMILES string of the molecule is Cc1ccccc1NC(=O)N1CCCC1C(=O)Nc1nnc(-c2cccc(Cl)c2)s1. The Bertz CT molecular complexity index is 1090. The van der Waals surface area contributed by atoms with Crippen molar-refractivity contribution in [3.05, 3.63) is 59.1 Å². The van der Waals surface area contributed by atoms with Gasteiger partial charge in [-0.05, 0) is 43.5 Å². The van der Waals surface area contributed by atoms with E-state index in [0.717, 1.165) is 23.2 Å². The van der Waals surface area contributed by atoms with Gasteiger partial charge in [-0.15, -0.1) is 10.2 Å². The summed E-state index contributed by atoms with van der Waals surface area (Å²) in [5, 5.41) is 15.5. The first-order valence-corrected chi connectivity index (χ1v) is 10.7. The van der Waals surface area contributed by atoms with Gasteiger partial charge in [0.05, 0.1) is 0 Å². The number of amides is 3. The van der Waals surface area contributed by atoms with Crippen LogP contribution in [0.5, 0.6) is 0 Å². The predicted octanol–water partition coefficient (Wildman–Crippen LogP) is 4.80. The zero-order valence-electron chi connectivity index (χ0n) is 16.3. The van der Waals surface area contributed by atoms with Crippen molar-refractivity contribution < 1.29 is 9.59 Å². The summed E-state index contributed by atoms with van der Waals surface area (Å²) in [6, 6.07) is 14.0. The number of hydrogen-bond donors (Lipinski definition) is 2. The van der Waals surface area contributed by atoms with Gasteiger partial charge in [-0.3, -0.25) is 10.1 Å². The van der Waals surface area contributed by atoms with E-state index in [1.165, 1.54) is 11.3 Å². The second-order valence-corrected chi connectivity index (χ2v) is 8.42. The molecule has 1 aliphatic rings. The van der Waals surface area contributed by atoms with Gasteiger partial charge in [-0.25, -0.2) is 4.79 Å². The molecule has 4 rings (SSSR count). The summed E-state index contributed by atoms with van der Waals surface area (Å²) in [5.41, 5.74) is 2.54. The van der Waals surface area contributed by atoms with E-state index in [2.05, 4.69) is 20.8 Å². The second kappa shape index (κ2) is 8.81. The van der Waals surface area contributed by atoms with Gasteiger partial charge >= 0.3 is 6.03 Å². The summed E-state index contributed by atoms with van der Waals surface area (Å²) < 4.78 is 0. The molecule has 2 N–H and O–H groups in total. The molecule has 9 heteroatoms. The van der Waals surface area contributed by atoms with Gasteiger partial charge in [0.1, 0.15) is 11.0 Å². The van der Waals surface area contributed by atoms with Crippen molar-refractivity contribution in [1.82, 2.24) is 15.1 Å². The smallest absolute Gasteiger partial charge is 0.312 e. The second-order valence-electron chi connectivity index (χ2n) is 7.01. The molecule has 30 heavy (non-hydrogen) atoms. The largest absolute Gasteiger partial charge is 0.322 e. The Kier molecular flexibility index (Phi) is 5.96. The van der Waals surface area contributed by atoms with Gasteiger partial charge in [0.2, 0.25) is 11.0 Å². The maximum Gasteiger partial charge on any atom is 0.322 e. The summed E-state index contributed by atoms with van der Waals surface area (Å²) in [4.78, 5) is 27.2. The molecule has 0 bridgehead atoms. The van der Waals surface area contributed by atoms with Crippen LogP contribution in [0.4, 0.5) is 15.6 Å². The van der Waals surface area contributed by atoms with Crippen LogP contribution in [0.25, 0.3) is 10.6 Å². The van der Waals surface area contributed by atoms with Crippen LogP contribution in [0.15, 0.2) is 48.5 Å². The van der Waals surface area contributed by atoms with Gasteiger partial charge in [0.15, 0.2) is 0 Å². The predicted molar refractivity (Wildman–Crippen MR) is 119 cm³/mol. The van der Waals surface area contributed by atoms with E-state index in [0.29, 0.717) is 28.1 Å². The molecule has 0 radical (unpaired) electrons. The minimum atomic E-state index is -0.549. The average molecular weight is 442 g/mol. The van der Waals surface area contributed by atoms with Gasteiger partial charge < -0.3 is 10.2 Å². The molecule has 1 unspecified atom stereocenters. The van der Waals surface area contributed by atoms with Crippen LogP contribution in [0, 0.1) is 6.92 Å². The number of anilines is 2. The fourth-order valence-electron chi connectivity index (χ4n) is 3.38. The van der Waals surface area contributed by atoms with Gasteiger partial charge in [0.25, 0.3) is 0 Å². The normalized spacial score (nSPS) is 15.8. The Morgan fingerprint density at radius 3 is 2.77 bits per heavy atom. The van der Waals surface area contributed by atoms with Crippen LogP contribution in [-0.2, 0) is 4.79 Å². The van der Waals surface area contributed by atoms with Crippen LogP contribution in [0.1, 0.15) is 18.4 Å². The van der Waals surface area contributed by atoms with Crippen molar-refractivity contribution >= 4 is 45.7 Å². The highest BCUT2D eigenvalue weighted by atomic mass is 35.5. The molecule has 1 atom stereocenters. The monoisotopic (exact) mass is 441 g/mol. The van der Waals surface area contributed by atoms with E-state index in [-0.39, 0.29) is 11.9 Å². The first-order chi connectivity index (χ1) is 14.5. The highest BCUT2D eigenvalue weighted by molar-refractivity contribution is 7.18. The van der Waals surface area contributed by atoms with E-state index in [9.17, 15) is 9.59 Å². The van der Waals surface area contributed by atoms with Gasteiger partial charge in [-0.2, -0.15) is 0 Å². The molecule has 154 valence electrons. The number of para-hydroxylation sites is 1. The lowest BCUT2D eigenvalue weighted by Crippen LogP contribution is -2.45. The number of nitrogens with zero attached hydrogens (tertiary/aromatic N) is 3. The van der Waals surface area contributed by atoms with Crippen LogP contribution in [0.3, 0.4) is 0 Å². The highest BCUT2D eigenvalue weighted by Gasteiger charge is 2.34. The molecule has 3 aromatic rings. The lowest BCUT2D eigenvalue weighted by atomic mass is 10.2. The first-order valence-electron chi connectivity index (χ1n) is 9.55. The van der Waals surface area contributed by atoms with Crippen molar-refractivity contribution in [2.45, 2.75) is 25.8 Å². The summed E-state index contributed by atoms with van der Waals surface area (Å²) >= 11 is 7.29. The van der Waals surface area contributed by atoms with Crippen molar-refractivity contribution in [2.75, 3.05) is 17.2 Å². The van der Waals surface area contributed by atoms with E-state index >= 15 is 0 Å². The molecule has 0 spiro atoms. The Labute approximate surface area is 183 Å². The zero-order valence-corrected chi connectivity index (χ0v) is 17.8. The number of nitrogens with one attached hydrogen (secondary N) is 2. The van der Waals surface area contributed by atoms with Gasteiger partial charge in [-0.1, -0.05) is 53.3 Å². The van der Waals surface area contributed by atoms with Crippen molar-refractivity contribution in [2.24, 2.45) is 0 Å². The lowest BCUT2D eigenvalue weighted by Gasteiger charge is -2.24. The molecule has 1 aliphatic heterocycles. The van der Waals surface area contributed by atoms with Crippen molar-refractivity contribution in [3.63, 3.8) is 0 Å². The number of benzene rings is 2. The number of rotatable bonds is 4. The minimum Gasteiger partial charge on any atom is -0.312 e. The van der Waals surface area contributed by atoms with E-state index in [1.807, 2.05) is 43.3 Å². The summed E-state index contributed by atoms with van der Waals surface area (Å²) in [6.07, 6.45) is 1.37. The van der Waals surface area contributed by atoms with E-state index < -0.39 is 6.04 Å². The number of hydrogen-bond acceptors (Lipinski definition) is 5. The third kappa shape index (κ3) is 4.44. The third-order valence-electron chi connectivity index (χ3n) is 4.93. The Morgan fingerprint density at radius 2 is 1.97 bits per heavy atom. The fraction of sp³-hybridized carbons (Fsp3) is 0.238. The number of halogens is 1. The number of carbonyl (C=O) groups excluding carboxylic acids is 2. The summed E-state index contributed by atoms with van der Waals surface area (Å²) in [7, 11) is 0. The first kappa shape index (κ1) is 20.3. The molecule has 2 aromatic carbocycles. The molecule has 0 saturated carbocycles. The number of aryl methyl sites for hydroxylation is 1. The standard InChI is InChI=1S/C21H20ClN5O2S/c1-13-6-2-3-9-16(13)23-21(29)27-11-5-10-17(27)18(28)24-20-26-25-19(30-20)14-7-4-8-15(22)12-14/h2-4,6-9,12,17H,5,10-11H2,1H3,(H,23,29)(H,24,26,28). The maximum absolute atomic E-state index is 12.8. The van der Waals surface area contributed by atoms with Crippen molar-refractivity contribution in [3.8, 4) is 10.6 Å². The van der Waals surface area contributed by atoms with Crippen LogP contribution in [0.2, 0.25) is 5.02 Å². The molecule has 2 heterocycles. The zero-order chi connectivity index (χ0) is 21.1. The number of likely N-dealkylation sites (tertiary alicyclic amines) is 1. The number of urea groups is 1. The molecule has 7 nitrogen and oxygen atoms in total. The Balaban J connectivity index is 1.43. The van der Waals surface area contributed by atoms with E-state index in [4.69, 9.17) is 11.6 Å². The number of aromatic nitrogens is 2. The van der Waals surface area contributed by atoms with Crippen LogP contribution in [-0.4, -0.2) is 39.6 Å². The quantitative estimate of drug-likeness (QED) is 0.608. The Morgan fingerprint density at radius 1 is 1.13 bits per heavy atom. The molecule has 1 fully saturated rings. The molecular weight excluding hydrogens is 422 g/mol. The maximum atomic E-state index is 12.8. The lowest BCUT2D eigenvalue weighted by molar-refractivity contribution is -0.119. The minimum absolute atomic E-state index is 0.263. The fourth-order valence-corrected chi connectivity index (χ4v) is 4.32. The van der Waals surface area contributed by atoms with Crippen LogP contribution < -0.4 is 10.6 Å². The molecule has 3 amide bonds. The summed E-state index contributed by atoms with van der Waals surface area (Å²) in [5.74, 6) is -0.263. The van der Waals surface area contributed by atoms with Crippen molar-refractivity contribution in [1.29, 1.82) is 0 Å². The highest BCUT2D eigenvalue weighted by Crippen LogP contribution is 2.29. The number of carbonyl (C=O) groups is 2. The topological polar surface area (TPSA) is 87.2 Å².